The van der Waals surface area contributed by atoms with E-state index < -0.39 is 0 Å². The molecule has 26 heavy (non-hydrogen) atoms. The Bertz CT molecular complexity index is 992. The summed E-state index contributed by atoms with van der Waals surface area (Å²) in [6, 6.07) is 13.2. The summed E-state index contributed by atoms with van der Waals surface area (Å²) in [6.07, 6.45) is 8.36. The molecule has 0 unspecified atom stereocenters. The van der Waals surface area contributed by atoms with Gasteiger partial charge in [0.1, 0.15) is 12.1 Å². The summed E-state index contributed by atoms with van der Waals surface area (Å²) in [5.74, 6) is 0.481. The minimum Gasteiger partial charge on any atom is -0.346 e. The molecule has 1 N–H and O–H groups in total. The summed E-state index contributed by atoms with van der Waals surface area (Å²) in [6.45, 7) is 0.355. The van der Waals surface area contributed by atoms with Gasteiger partial charge in [-0.05, 0) is 23.8 Å². The average molecular weight is 345 g/mol. The van der Waals surface area contributed by atoms with Gasteiger partial charge in [0.05, 0.1) is 11.9 Å². The normalized spacial score (nSPS) is 10.6. The first kappa shape index (κ1) is 15.7. The molecule has 0 fully saturated rings. The maximum absolute atomic E-state index is 12.3. The van der Waals surface area contributed by atoms with Crippen molar-refractivity contribution in [3.05, 3.63) is 84.8 Å². The van der Waals surface area contributed by atoms with Gasteiger partial charge in [0.25, 0.3) is 5.91 Å². The summed E-state index contributed by atoms with van der Waals surface area (Å²) in [5.41, 5.74) is 1.94. The Morgan fingerprint density at radius 3 is 2.69 bits per heavy atom. The number of hydrogen-bond acceptors (Lipinski definition) is 5. The molecule has 1 amide bonds. The fraction of sp³-hybridized carbons (Fsp3) is 0.0556. The molecule has 128 valence electrons. The molecule has 8 heteroatoms. The summed E-state index contributed by atoms with van der Waals surface area (Å²) in [7, 11) is 0. The van der Waals surface area contributed by atoms with E-state index in [1.165, 1.54) is 11.0 Å². The average Bonchev–Trinajstić information content (AvgIpc) is 3.39. The number of nitrogens with zero attached hydrogens (tertiary/aromatic N) is 6. The Morgan fingerprint density at radius 1 is 1.08 bits per heavy atom. The molecule has 0 radical (unpaired) electrons. The molecule has 0 aliphatic rings. The molecule has 3 aromatic heterocycles. The van der Waals surface area contributed by atoms with Gasteiger partial charge in [0, 0.05) is 25.1 Å². The zero-order valence-corrected chi connectivity index (χ0v) is 13.7. The van der Waals surface area contributed by atoms with Gasteiger partial charge >= 0.3 is 0 Å². The number of para-hydroxylation sites is 1. The number of aromatic nitrogens is 6. The monoisotopic (exact) mass is 345 g/mol. The van der Waals surface area contributed by atoms with Crippen LogP contribution in [0.15, 0.2) is 73.6 Å². The Morgan fingerprint density at radius 2 is 1.96 bits per heavy atom. The number of carbonyl (C=O) groups excluding carboxylic acids is 1. The molecule has 0 saturated heterocycles. The number of rotatable bonds is 5. The van der Waals surface area contributed by atoms with Crippen LogP contribution in [0.2, 0.25) is 0 Å². The van der Waals surface area contributed by atoms with Crippen LogP contribution in [-0.4, -0.2) is 35.4 Å². The topological polar surface area (TPSA) is 90.5 Å². The number of benzene rings is 1. The molecule has 1 aromatic carbocycles. The minimum absolute atomic E-state index is 0.261. The van der Waals surface area contributed by atoms with E-state index in [-0.39, 0.29) is 11.6 Å². The zero-order chi connectivity index (χ0) is 17.8. The van der Waals surface area contributed by atoms with Crippen LogP contribution in [-0.2, 0) is 6.54 Å². The Balaban J connectivity index is 1.39. The number of hydrogen-bond donors (Lipinski definition) is 1. The van der Waals surface area contributed by atoms with E-state index in [0.29, 0.717) is 6.54 Å². The standard InChI is InChI=1S/C18H15N7O/c26-18(16-12-22-25(23-16)15-4-2-1-3-5-15)21-11-14-6-7-17(20-10-14)24-9-8-19-13-24/h1-10,12-13H,11H2,(H,21,26). The fourth-order valence-corrected chi connectivity index (χ4v) is 2.39. The number of amides is 1. The number of imidazole rings is 1. The lowest BCUT2D eigenvalue weighted by Crippen LogP contribution is -2.23. The molecule has 0 saturated carbocycles. The lowest BCUT2D eigenvalue weighted by Gasteiger charge is -2.05. The Kier molecular flexibility index (Phi) is 4.21. The summed E-state index contributed by atoms with van der Waals surface area (Å²) < 4.78 is 1.81. The predicted molar refractivity (Wildman–Crippen MR) is 93.9 cm³/mol. The van der Waals surface area contributed by atoms with E-state index in [4.69, 9.17) is 0 Å². The van der Waals surface area contributed by atoms with Crippen LogP contribution in [0.5, 0.6) is 0 Å². The van der Waals surface area contributed by atoms with Gasteiger partial charge in [-0.15, -0.1) is 5.10 Å². The highest BCUT2D eigenvalue weighted by atomic mass is 16.2. The van der Waals surface area contributed by atoms with Crippen LogP contribution < -0.4 is 5.32 Å². The molecule has 0 bridgehead atoms. The van der Waals surface area contributed by atoms with Crippen molar-refractivity contribution in [1.29, 1.82) is 0 Å². The number of carbonyl (C=O) groups is 1. The van der Waals surface area contributed by atoms with Gasteiger partial charge in [0.2, 0.25) is 0 Å². The van der Waals surface area contributed by atoms with Gasteiger partial charge in [-0.25, -0.2) is 9.97 Å². The maximum Gasteiger partial charge on any atom is 0.273 e. The van der Waals surface area contributed by atoms with Gasteiger partial charge < -0.3 is 5.32 Å². The van der Waals surface area contributed by atoms with E-state index >= 15 is 0 Å². The van der Waals surface area contributed by atoms with Gasteiger partial charge in [-0.2, -0.15) is 9.90 Å². The third-order valence-electron chi connectivity index (χ3n) is 3.74. The fourth-order valence-electron chi connectivity index (χ4n) is 2.39. The van der Waals surface area contributed by atoms with E-state index in [2.05, 4.69) is 25.5 Å². The van der Waals surface area contributed by atoms with Crippen LogP contribution >= 0.6 is 0 Å². The molecular formula is C18H15N7O. The van der Waals surface area contributed by atoms with Crippen LogP contribution in [0.1, 0.15) is 16.1 Å². The first-order chi connectivity index (χ1) is 12.8. The Labute approximate surface area is 149 Å². The highest BCUT2D eigenvalue weighted by Gasteiger charge is 2.11. The molecule has 4 rings (SSSR count). The quantitative estimate of drug-likeness (QED) is 0.595. The molecule has 0 aliphatic heterocycles. The second-order valence-electron chi connectivity index (χ2n) is 5.53. The predicted octanol–water partition coefficient (Wildman–Crippen LogP) is 1.78. The third-order valence-corrected chi connectivity index (χ3v) is 3.74. The van der Waals surface area contributed by atoms with E-state index in [0.717, 1.165) is 17.1 Å². The summed E-state index contributed by atoms with van der Waals surface area (Å²) >= 11 is 0. The SMILES string of the molecule is O=C(NCc1ccc(-n2ccnc2)nc1)c1cnn(-c2ccccc2)n1. The van der Waals surface area contributed by atoms with Gasteiger partial charge in [-0.3, -0.25) is 9.36 Å². The van der Waals surface area contributed by atoms with Crippen molar-refractivity contribution in [1.82, 2.24) is 34.8 Å². The number of pyridine rings is 1. The largest absolute Gasteiger partial charge is 0.346 e. The summed E-state index contributed by atoms with van der Waals surface area (Å²) in [5, 5.41) is 11.2. The number of nitrogens with one attached hydrogen (secondary N) is 1. The van der Waals surface area contributed by atoms with Crippen molar-refractivity contribution >= 4 is 5.91 Å². The second kappa shape index (κ2) is 6.98. The third kappa shape index (κ3) is 3.34. The molecule has 3 heterocycles. The lowest BCUT2D eigenvalue weighted by atomic mass is 10.2. The van der Waals surface area contributed by atoms with Crippen molar-refractivity contribution in [2.24, 2.45) is 0 Å². The van der Waals surface area contributed by atoms with Crippen LogP contribution in [0.4, 0.5) is 0 Å². The van der Waals surface area contributed by atoms with Crippen LogP contribution in [0.3, 0.4) is 0 Å². The maximum atomic E-state index is 12.3. The highest BCUT2D eigenvalue weighted by molar-refractivity contribution is 5.91. The molecule has 0 aliphatic carbocycles. The first-order valence-electron chi connectivity index (χ1n) is 7.99. The van der Waals surface area contributed by atoms with E-state index in [9.17, 15) is 4.79 Å². The highest BCUT2D eigenvalue weighted by Crippen LogP contribution is 2.06. The van der Waals surface area contributed by atoms with Gasteiger partial charge in [0.15, 0.2) is 5.69 Å². The lowest BCUT2D eigenvalue weighted by molar-refractivity contribution is 0.0945. The van der Waals surface area contributed by atoms with Crippen molar-refractivity contribution in [3.63, 3.8) is 0 Å². The Hall–Kier alpha value is -3.81. The molecule has 0 spiro atoms. The van der Waals surface area contributed by atoms with E-state index in [1.807, 2.05) is 53.2 Å². The van der Waals surface area contributed by atoms with Crippen LogP contribution in [0.25, 0.3) is 11.5 Å². The van der Waals surface area contributed by atoms with Crippen molar-refractivity contribution in [2.45, 2.75) is 6.54 Å². The zero-order valence-electron chi connectivity index (χ0n) is 13.7. The van der Waals surface area contributed by atoms with Crippen molar-refractivity contribution < 1.29 is 4.79 Å². The molecule has 4 aromatic rings. The minimum atomic E-state index is -0.286. The summed E-state index contributed by atoms with van der Waals surface area (Å²) in [4.78, 5) is 22.0. The molecule has 8 nitrogen and oxygen atoms in total. The molecular weight excluding hydrogens is 330 g/mol. The smallest absolute Gasteiger partial charge is 0.273 e. The van der Waals surface area contributed by atoms with Crippen LogP contribution in [0, 0.1) is 0 Å². The second-order valence-corrected chi connectivity index (χ2v) is 5.53. The first-order valence-corrected chi connectivity index (χ1v) is 7.99. The molecule has 0 atom stereocenters. The van der Waals surface area contributed by atoms with Crippen molar-refractivity contribution in [2.75, 3.05) is 0 Å². The van der Waals surface area contributed by atoms with Crippen molar-refractivity contribution in [3.8, 4) is 11.5 Å². The van der Waals surface area contributed by atoms with E-state index in [1.54, 1.807) is 18.7 Å². The van der Waals surface area contributed by atoms with Gasteiger partial charge in [-0.1, -0.05) is 24.3 Å².